The predicted molar refractivity (Wildman–Crippen MR) is 111 cm³/mol. The number of benzene rings is 2. The second-order valence-electron chi connectivity index (χ2n) is 7.94. The van der Waals surface area contributed by atoms with Crippen molar-refractivity contribution in [3.63, 3.8) is 0 Å². The smallest absolute Gasteiger partial charge is 0.119 e. The Kier molecular flexibility index (Phi) is 4.09. The molecule has 1 aliphatic heterocycles. The molecule has 4 nitrogen and oxygen atoms in total. The van der Waals surface area contributed by atoms with Gasteiger partial charge in [0, 0.05) is 47.3 Å². The average molecular weight is 361 g/mol. The standard InChI is InChI=1S/C23H27N3O/c1-3-27-18-9-7-16(8-10-18)25-17-12-20-19-5-4-6-21-23(19)15(13-24-21)11-22(20)26(2)14-17/h4-10,13,17,20,22,24-25H,3,11-12,14H2,1-2H3/t17?,20?,22-/m1/s1. The highest BCUT2D eigenvalue weighted by atomic mass is 16.5. The highest BCUT2D eigenvalue weighted by Gasteiger charge is 2.39. The molecule has 0 saturated carbocycles. The Morgan fingerprint density at radius 1 is 1.19 bits per heavy atom. The molecule has 1 aromatic heterocycles. The van der Waals surface area contributed by atoms with Crippen molar-refractivity contribution in [3.8, 4) is 5.75 Å². The van der Waals surface area contributed by atoms with Gasteiger partial charge in [-0.15, -0.1) is 0 Å². The summed E-state index contributed by atoms with van der Waals surface area (Å²) in [5, 5.41) is 5.22. The predicted octanol–water partition coefficient (Wildman–Crippen LogP) is 4.39. The van der Waals surface area contributed by atoms with Crippen molar-refractivity contribution in [3.05, 3.63) is 59.8 Å². The lowest BCUT2D eigenvalue weighted by Gasteiger charge is -2.46. The van der Waals surface area contributed by atoms with Gasteiger partial charge >= 0.3 is 0 Å². The van der Waals surface area contributed by atoms with Crippen molar-refractivity contribution >= 4 is 16.6 Å². The lowest BCUT2D eigenvalue weighted by atomic mass is 9.74. The molecule has 1 aliphatic carbocycles. The number of anilines is 1. The monoisotopic (exact) mass is 361 g/mol. The Morgan fingerprint density at radius 3 is 2.85 bits per heavy atom. The zero-order valence-corrected chi connectivity index (χ0v) is 16.0. The number of hydrogen-bond donors (Lipinski definition) is 2. The summed E-state index contributed by atoms with van der Waals surface area (Å²) in [7, 11) is 2.28. The molecule has 3 aromatic rings. The van der Waals surface area contributed by atoms with E-state index < -0.39 is 0 Å². The van der Waals surface area contributed by atoms with Crippen LogP contribution in [0.1, 0.15) is 30.4 Å². The van der Waals surface area contributed by atoms with Crippen LogP contribution in [-0.2, 0) is 6.42 Å². The van der Waals surface area contributed by atoms with Crippen LogP contribution in [0.5, 0.6) is 5.75 Å². The minimum Gasteiger partial charge on any atom is -0.494 e. The Hall–Kier alpha value is -2.46. The van der Waals surface area contributed by atoms with E-state index >= 15 is 0 Å². The van der Waals surface area contributed by atoms with Crippen molar-refractivity contribution in [2.75, 3.05) is 25.5 Å². The van der Waals surface area contributed by atoms with E-state index in [-0.39, 0.29) is 0 Å². The van der Waals surface area contributed by atoms with E-state index in [9.17, 15) is 0 Å². The van der Waals surface area contributed by atoms with Crippen molar-refractivity contribution in [1.29, 1.82) is 0 Å². The summed E-state index contributed by atoms with van der Waals surface area (Å²) < 4.78 is 5.56. The van der Waals surface area contributed by atoms with E-state index in [2.05, 4.69) is 70.9 Å². The number of likely N-dealkylation sites (N-methyl/N-ethyl adjacent to an activating group) is 1. The lowest BCUT2D eigenvalue weighted by molar-refractivity contribution is 0.147. The Balaban J connectivity index is 1.39. The SMILES string of the molecule is CCOc1ccc(NC2CC3c4cccc5[nH]cc(c45)C[C@H]3N(C)C2)cc1. The van der Waals surface area contributed by atoms with Gasteiger partial charge < -0.3 is 19.9 Å². The molecule has 0 spiro atoms. The first-order valence-electron chi connectivity index (χ1n) is 10.0. The fraction of sp³-hybridized carbons (Fsp3) is 0.391. The van der Waals surface area contributed by atoms with Gasteiger partial charge in [0.2, 0.25) is 0 Å². The molecule has 2 N–H and O–H groups in total. The normalized spacial score (nSPS) is 24.6. The highest BCUT2D eigenvalue weighted by Crippen LogP contribution is 2.43. The number of hydrogen-bond acceptors (Lipinski definition) is 3. The van der Waals surface area contributed by atoms with E-state index in [4.69, 9.17) is 4.74 Å². The quantitative estimate of drug-likeness (QED) is 0.724. The number of nitrogens with zero attached hydrogens (tertiary/aromatic N) is 1. The second-order valence-corrected chi connectivity index (χ2v) is 7.94. The van der Waals surface area contributed by atoms with Gasteiger partial charge in [0.05, 0.1) is 6.61 Å². The highest BCUT2D eigenvalue weighted by molar-refractivity contribution is 5.88. The van der Waals surface area contributed by atoms with Crippen LogP contribution < -0.4 is 10.1 Å². The van der Waals surface area contributed by atoms with Crippen LogP contribution >= 0.6 is 0 Å². The Morgan fingerprint density at radius 2 is 2.04 bits per heavy atom. The Labute approximate surface area is 160 Å². The number of H-pyrrole nitrogens is 1. The van der Waals surface area contributed by atoms with Gasteiger partial charge in [-0.2, -0.15) is 0 Å². The van der Waals surface area contributed by atoms with Gasteiger partial charge in [0.1, 0.15) is 5.75 Å². The van der Waals surface area contributed by atoms with Crippen molar-refractivity contribution in [2.45, 2.75) is 37.8 Å². The first kappa shape index (κ1) is 16.7. The number of aromatic amines is 1. The topological polar surface area (TPSA) is 40.3 Å². The number of fused-ring (bicyclic) bond motifs is 2. The summed E-state index contributed by atoms with van der Waals surface area (Å²) in [5.41, 5.74) is 5.45. The van der Waals surface area contributed by atoms with Crippen molar-refractivity contribution in [1.82, 2.24) is 9.88 Å². The molecule has 0 amide bonds. The number of rotatable bonds is 4. The van der Waals surface area contributed by atoms with Crippen LogP contribution in [0.3, 0.4) is 0 Å². The molecular weight excluding hydrogens is 334 g/mol. The molecular formula is C23H27N3O. The molecule has 0 bridgehead atoms. The number of nitrogens with one attached hydrogen (secondary N) is 2. The second kappa shape index (κ2) is 6.61. The molecule has 2 unspecified atom stereocenters. The molecule has 5 rings (SSSR count). The summed E-state index contributed by atoms with van der Waals surface area (Å²) in [6, 6.07) is 16.1. The van der Waals surface area contributed by atoms with E-state index in [1.807, 2.05) is 6.92 Å². The average Bonchev–Trinajstić information content (AvgIpc) is 3.09. The van der Waals surface area contributed by atoms with E-state index in [1.54, 1.807) is 0 Å². The molecule has 140 valence electrons. The summed E-state index contributed by atoms with van der Waals surface area (Å²) >= 11 is 0. The zero-order valence-electron chi connectivity index (χ0n) is 16.0. The molecule has 0 radical (unpaired) electrons. The van der Waals surface area contributed by atoms with Gasteiger partial charge in [-0.25, -0.2) is 0 Å². The summed E-state index contributed by atoms with van der Waals surface area (Å²) in [6.07, 6.45) is 4.53. The van der Waals surface area contributed by atoms with Crippen LogP contribution in [-0.4, -0.2) is 42.2 Å². The molecule has 3 atom stereocenters. The molecule has 2 aliphatic rings. The fourth-order valence-electron chi connectivity index (χ4n) is 5.10. The molecule has 1 fully saturated rings. The molecule has 1 saturated heterocycles. The molecule has 4 heteroatoms. The van der Waals surface area contributed by atoms with Gasteiger partial charge in [0.25, 0.3) is 0 Å². The van der Waals surface area contributed by atoms with E-state index in [0.717, 1.165) is 18.7 Å². The number of piperidine rings is 1. The van der Waals surface area contributed by atoms with Gasteiger partial charge in [-0.05, 0) is 68.3 Å². The first-order valence-corrected chi connectivity index (χ1v) is 10.0. The van der Waals surface area contributed by atoms with E-state index in [1.165, 1.54) is 34.1 Å². The van der Waals surface area contributed by atoms with Gasteiger partial charge in [-0.3, -0.25) is 0 Å². The lowest BCUT2D eigenvalue weighted by Crippen LogP contribution is -2.51. The maximum atomic E-state index is 5.56. The van der Waals surface area contributed by atoms with Crippen molar-refractivity contribution in [2.24, 2.45) is 0 Å². The number of aromatic nitrogens is 1. The van der Waals surface area contributed by atoms with Crippen LogP contribution in [0.2, 0.25) is 0 Å². The Bertz CT molecular complexity index is 946. The maximum Gasteiger partial charge on any atom is 0.119 e. The minimum absolute atomic E-state index is 0.449. The van der Waals surface area contributed by atoms with Gasteiger partial charge in [-0.1, -0.05) is 12.1 Å². The molecule has 27 heavy (non-hydrogen) atoms. The van der Waals surface area contributed by atoms with Crippen LogP contribution in [0.15, 0.2) is 48.7 Å². The summed E-state index contributed by atoms with van der Waals surface area (Å²) in [5.74, 6) is 1.51. The fourth-order valence-corrected chi connectivity index (χ4v) is 5.10. The molecule has 2 aromatic carbocycles. The van der Waals surface area contributed by atoms with Crippen LogP contribution in [0.4, 0.5) is 5.69 Å². The van der Waals surface area contributed by atoms with Crippen LogP contribution in [0, 0.1) is 0 Å². The first-order chi connectivity index (χ1) is 13.2. The minimum atomic E-state index is 0.449. The largest absolute Gasteiger partial charge is 0.494 e. The third-order valence-electron chi connectivity index (χ3n) is 6.26. The maximum absolute atomic E-state index is 5.56. The third kappa shape index (κ3) is 2.88. The van der Waals surface area contributed by atoms with E-state index in [0.29, 0.717) is 24.6 Å². The van der Waals surface area contributed by atoms with Gasteiger partial charge in [0.15, 0.2) is 0 Å². The zero-order chi connectivity index (χ0) is 18.4. The van der Waals surface area contributed by atoms with Crippen LogP contribution in [0.25, 0.3) is 10.9 Å². The van der Waals surface area contributed by atoms with Crippen molar-refractivity contribution < 1.29 is 4.74 Å². The third-order valence-corrected chi connectivity index (χ3v) is 6.26. The summed E-state index contributed by atoms with van der Waals surface area (Å²) in [6.45, 7) is 3.79. The number of ether oxygens (including phenoxy) is 1. The summed E-state index contributed by atoms with van der Waals surface area (Å²) in [4.78, 5) is 6.02. The number of likely N-dealkylation sites (tertiary alicyclic amines) is 1. The molecule has 2 heterocycles.